The molecule has 0 spiro atoms. The summed E-state index contributed by atoms with van der Waals surface area (Å²) in [4.78, 5) is 26.2. The molecule has 2 aromatic rings. The second-order valence-corrected chi connectivity index (χ2v) is 9.12. The Morgan fingerprint density at radius 2 is 2.03 bits per heavy atom. The molecule has 1 heterocycles. The molecular formula is C28H39N3O5. The molecule has 0 saturated heterocycles. The van der Waals surface area contributed by atoms with Gasteiger partial charge in [0.2, 0.25) is 5.91 Å². The monoisotopic (exact) mass is 497 g/mol. The van der Waals surface area contributed by atoms with Gasteiger partial charge in [-0.2, -0.15) is 0 Å². The molecule has 1 aliphatic rings. The third-order valence-corrected chi connectivity index (χ3v) is 6.17. The Kier molecular flexibility index (Phi) is 11.0. The fourth-order valence-electron chi connectivity index (χ4n) is 4.16. The third kappa shape index (κ3) is 8.53. The van der Waals surface area contributed by atoms with Crippen molar-refractivity contribution in [2.45, 2.75) is 46.0 Å². The van der Waals surface area contributed by atoms with E-state index in [0.717, 1.165) is 31.4 Å². The highest BCUT2D eigenvalue weighted by Crippen LogP contribution is 2.39. The minimum absolute atomic E-state index is 0.000944. The van der Waals surface area contributed by atoms with Crippen molar-refractivity contribution in [2.75, 3.05) is 51.3 Å². The molecule has 0 fully saturated rings. The number of rotatable bonds is 15. The maximum atomic E-state index is 12.8. The van der Waals surface area contributed by atoms with Crippen molar-refractivity contribution in [3.05, 3.63) is 53.1 Å². The zero-order chi connectivity index (χ0) is 25.8. The Balaban J connectivity index is 1.37. The van der Waals surface area contributed by atoms with Crippen LogP contribution in [0.15, 0.2) is 36.4 Å². The van der Waals surface area contributed by atoms with E-state index in [0.29, 0.717) is 57.1 Å². The van der Waals surface area contributed by atoms with Crippen molar-refractivity contribution in [2.24, 2.45) is 0 Å². The summed E-state index contributed by atoms with van der Waals surface area (Å²) >= 11 is 0. The molecule has 2 aromatic carbocycles. The molecule has 0 unspecified atom stereocenters. The summed E-state index contributed by atoms with van der Waals surface area (Å²) in [6.07, 6.45) is 3.92. The van der Waals surface area contributed by atoms with E-state index in [1.165, 1.54) is 11.1 Å². The van der Waals surface area contributed by atoms with Crippen LogP contribution in [0, 0.1) is 6.92 Å². The number of anilines is 1. The maximum Gasteiger partial charge on any atom is 0.262 e. The Labute approximate surface area is 214 Å². The average molecular weight is 498 g/mol. The van der Waals surface area contributed by atoms with E-state index in [9.17, 15) is 14.7 Å². The van der Waals surface area contributed by atoms with Crippen molar-refractivity contribution < 1.29 is 24.2 Å². The zero-order valence-electron chi connectivity index (χ0n) is 21.5. The summed E-state index contributed by atoms with van der Waals surface area (Å²) in [5, 5.41) is 16.0. The summed E-state index contributed by atoms with van der Waals surface area (Å²) in [6, 6.07) is 11.8. The number of nitrogens with zero attached hydrogens (tertiary/aromatic N) is 1. The van der Waals surface area contributed by atoms with Gasteiger partial charge in [-0.1, -0.05) is 49.2 Å². The van der Waals surface area contributed by atoms with Crippen LogP contribution in [-0.4, -0.2) is 67.8 Å². The zero-order valence-corrected chi connectivity index (χ0v) is 21.5. The molecule has 3 N–H and O–H groups in total. The Hall–Kier alpha value is -3.10. The Morgan fingerprint density at radius 1 is 1.17 bits per heavy atom. The molecule has 8 nitrogen and oxygen atoms in total. The van der Waals surface area contributed by atoms with Crippen LogP contribution in [0.3, 0.4) is 0 Å². The fraction of sp³-hybridized carbons (Fsp3) is 0.500. The van der Waals surface area contributed by atoms with Gasteiger partial charge in [0.15, 0.2) is 12.4 Å². The predicted molar refractivity (Wildman–Crippen MR) is 141 cm³/mol. The standard InChI is InChI=1S/C28H39N3O5/c1-3-4-15-31(26(34)12-18-35-17-11-22-7-5-6-21(2)19-22)16-14-29-13-10-23-8-9-24(32)27-28(23)36-20-25(33)30-27/h5-9,19,29,32H,3-4,10-18,20H2,1-2H3,(H,30,33). The Morgan fingerprint density at radius 3 is 2.83 bits per heavy atom. The van der Waals surface area contributed by atoms with Gasteiger partial charge in [0.05, 0.1) is 19.6 Å². The number of unbranched alkanes of at least 4 members (excludes halogenated alkanes) is 1. The number of nitrogens with one attached hydrogen (secondary N) is 2. The first-order valence-electron chi connectivity index (χ1n) is 12.9. The van der Waals surface area contributed by atoms with E-state index in [4.69, 9.17) is 9.47 Å². The van der Waals surface area contributed by atoms with E-state index in [2.05, 4.69) is 48.7 Å². The van der Waals surface area contributed by atoms with Crippen LogP contribution in [0.4, 0.5) is 5.69 Å². The third-order valence-electron chi connectivity index (χ3n) is 6.17. The van der Waals surface area contributed by atoms with Gasteiger partial charge in [0, 0.05) is 19.6 Å². The number of carbonyl (C=O) groups is 2. The van der Waals surface area contributed by atoms with Crippen LogP contribution in [0.25, 0.3) is 0 Å². The van der Waals surface area contributed by atoms with Gasteiger partial charge >= 0.3 is 0 Å². The van der Waals surface area contributed by atoms with Gasteiger partial charge in [-0.15, -0.1) is 0 Å². The van der Waals surface area contributed by atoms with Crippen molar-refractivity contribution in [1.82, 2.24) is 10.2 Å². The molecule has 0 saturated carbocycles. The normalized spacial score (nSPS) is 12.6. The molecule has 0 atom stereocenters. The van der Waals surface area contributed by atoms with E-state index in [1.54, 1.807) is 6.07 Å². The lowest BCUT2D eigenvalue weighted by Crippen LogP contribution is -2.38. The topological polar surface area (TPSA) is 100 Å². The first-order valence-corrected chi connectivity index (χ1v) is 12.9. The molecule has 0 aliphatic carbocycles. The first kappa shape index (κ1) is 27.5. The maximum absolute atomic E-state index is 12.8. The van der Waals surface area contributed by atoms with Crippen LogP contribution in [-0.2, 0) is 27.2 Å². The van der Waals surface area contributed by atoms with Gasteiger partial charge < -0.3 is 30.1 Å². The van der Waals surface area contributed by atoms with Crippen molar-refractivity contribution >= 4 is 17.5 Å². The van der Waals surface area contributed by atoms with E-state index >= 15 is 0 Å². The second-order valence-electron chi connectivity index (χ2n) is 9.12. The number of aryl methyl sites for hydroxylation is 1. The highest BCUT2D eigenvalue weighted by molar-refractivity contribution is 5.97. The SMILES string of the molecule is CCCCN(CCNCCc1ccc(O)c2c1OCC(=O)N2)C(=O)CCOCCc1cccc(C)c1. The number of phenols is 1. The minimum atomic E-state index is -0.276. The second kappa shape index (κ2) is 14.5. The van der Waals surface area contributed by atoms with Crippen LogP contribution < -0.4 is 15.4 Å². The first-order chi connectivity index (χ1) is 17.5. The van der Waals surface area contributed by atoms with Gasteiger partial charge in [0.1, 0.15) is 11.4 Å². The van der Waals surface area contributed by atoms with Crippen LogP contribution >= 0.6 is 0 Å². The number of benzene rings is 2. The number of aromatic hydroxyl groups is 1. The molecule has 0 aromatic heterocycles. The van der Waals surface area contributed by atoms with Gasteiger partial charge in [-0.05, 0) is 49.9 Å². The lowest BCUT2D eigenvalue weighted by atomic mass is 10.1. The number of fused-ring (bicyclic) bond motifs is 1. The lowest BCUT2D eigenvalue weighted by molar-refractivity contribution is -0.132. The smallest absolute Gasteiger partial charge is 0.262 e. The number of amides is 2. The minimum Gasteiger partial charge on any atom is -0.506 e. The van der Waals surface area contributed by atoms with Crippen LogP contribution in [0.2, 0.25) is 0 Å². The molecule has 196 valence electrons. The molecule has 0 bridgehead atoms. The van der Waals surface area contributed by atoms with E-state index in [-0.39, 0.29) is 24.2 Å². The summed E-state index contributed by atoms with van der Waals surface area (Å²) in [5.41, 5.74) is 3.74. The highest BCUT2D eigenvalue weighted by Gasteiger charge is 2.22. The summed E-state index contributed by atoms with van der Waals surface area (Å²) in [6.45, 7) is 7.96. The fourth-order valence-corrected chi connectivity index (χ4v) is 4.16. The molecule has 8 heteroatoms. The number of ether oxygens (including phenoxy) is 2. The van der Waals surface area contributed by atoms with Gasteiger partial charge in [-0.3, -0.25) is 9.59 Å². The van der Waals surface area contributed by atoms with Gasteiger partial charge in [0.25, 0.3) is 5.91 Å². The number of hydrogen-bond donors (Lipinski definition) is 3. The largest absolute Gasteiger partial charge is 0.506 e. The summed E-state index contributed by atoms with van der Waals surface area (Å²) in [7, 11) is 0. The quantitative estimate of drug-likeness (QED) is 0.258. The summed E-state index contributed by atoms with van der Waals surface area (Å²) < 4.78 is 11.3. The Bertz CT molecular complexity index is 1010. The molecule has 0 radical (unpaired) electrons. The molecule has 3 rings (SSSR count). The number of carbonyl (C=O) groups excluding carboxylic acids is 2. The van der Waals surface area contributed by atoms with E-state index in [1.807, 2.05) is 11.0 Å². The van der Waals surface area contributed by atoms with Gasteiger partial charge in [-0.25, -0.2) is 0 Å². The number of phenolic OH excluding ortho intramolecular Hbond substituents is 1. The van der Waals surface area contributed by atoms with Crippen molar-refractivity contribution in [3.8, 4) is 11.5 Å². The van der Waals surface area contributed by atoms with Crippen LogP contribution in [0.1, 0.15) is 42.9 Å². The predicted octanol–water partition coefficient (Wildman–Crippen LogP) is 3.44. The molecule has 2 amide bonds. The number of hydrogen-bond acceptors (Lipinski definition) is 6. The van der Waals surface area contributed by atoms with Crippen molar-refractivity contribution in [1.29, 1.82) is 0 Å². The summed E-state index contributed by atoms with van der Waals surface area (Å²) in [5.74, 6) is 0.372. The average Bonchev–Trinajstić information content (AvgIpc) is 2.86. The molecule has 1 aliphatic heterocycles. The van der Waals surface area contributed by atoms with Crippen LogP contribution in [0.5, 0.6) is 11.5 Å². The molecule has 36 heavy (non-hydrogen) atoms. The lowest BCUT2D eigenvalue weighted by Gasteiger charge is -2.23. The molecular weight excluding hydrogens is 458 g/mol. The highest BCUT2D eigenvalue weighted by atomic mass is 16.5. The van der Waals surface area contributed by atoms with Crippen molar-refractivity contribution in [3.63, 3.8) is 0 Å². The van der Waals surface area contributed by atoms with E-state index < -0.39 is 0 Å².